The fourth-order valence-electron chi connectivity index (χ4n) is 3.11. The number of nitrogens with zero attached hydrogens (tertiary/aromatic N) is 5. The molecule has 4 aromatic rings. The largest absolute Gasteiger partial charge is 0.439 e. The molecule has 0 saturated heterocycles. The number of benzene rings is 1. The van der Waals surface area contributed by atoms with Crippen LogP contribution in [0.1, 0.15) is 11.3 Å². The molecule has 0 fully saturated rings. The van der Waals surface area contributed by atoms with E-state index in [0.29, 0.717) is 23.7 Å². The van der Waals surface area contributed by atoms with Crippen molar-refractivity contribution in [2.24, 2.45) is 12.8 Å². The van der Waals surface area contributed by atoms with Crippen molar-refractivity contribution < 1.29 is 4.74 Å². The summed E-state index contributed by atoms with van der Waals surface area (Å²) in [5.41, 5.74) is 10.4. The van der Waals surface area contributed by atoms with Gasteiger partial charge in [-0.05, 0) is 42.9 Å². The summed E-state index contributed by atoms with van der Waals surface area (Å²) in [4.78, 5) is 8.61. The lowest BCUT2D eigenvalue weighted by atomic mass is 10.0. The maximum atomic E-state index is 9.34. The molecule has 3 aromatic heterocycles. The minimum absolute atomic E-state index is 0.510. The third kappa shape index (κ3) is 4.04. The van der Waals surface area contributed by atoms with Crippen molar-refractivity contribution >= 4 is 0 Å². The molecule has 148 valence electrons. The zero-order valence-electron chi connectivity index (χ0n) is 16.5. The summed E-state index contributed by atoms with van der Waals surface area (Å²) < 4.78 is 7.86. The first-order valence-electron chi connectivity index (χ1n) is 9.50. The highest BCUT2D eigenvalue weighted by molar-refractivity contribution is 5.71. The fraction of sp³-hybridized carbons (Fsp3) is 0.130. The van der Waals surface area contributed by atoms with Crippen LogP contribution in [0.15, 0.2) is 67.1 Å². The van der Waals surface area contributed by atoms with Crippen LogP contribution in [0.25, 0.3) is 22.4 Å². The maximum Gasteiger partial charge on any atom is 0.218 e. The van der Waals surface area contributed by atoms with Crippen molar-refractivity contribution in [3.63, 3.8) is 0 Å². The van der Waals surface area contributed by atoms with Gasteiger partial charge in [0.15, 0.2) is 0 Å². The standard InChI is InChI=1S/C23H20N6O/c1-29-23(12-21(28-29)18-3-2-10-26-14-18)30-22-11-16(13-25)4-7-20(22)17-5-6-19(8-9-24)27-15-17/h2-7,10-12,14-15H,8-9,24H2,1H3. The molecule has 0 atom stereocenters. The number of aryl methyl sites for hydroxylation is 1. The van der Waals surface area contributed by atoms with Crippen LogP contribution < -0.4 is 10.5 Å². The molecule has 0 radical (unpaired) electrons. The number of hydrogen-bond acceptors (Lipinski definition) is 6. The van der Waals surface area contributed by atoms with E-state index in [0.717, 1.165) is 34.5 Å². The number of nitriles is 1. The van der Waals surface area contributed by atoms with Crippen LogP contribution in [0.4, 0.5) is 0 Å². The number of rotatable bonds is 6. The Hall–Kier alpha value is -4.02. The highest BCUT2D eigenvalue weighted by Crippen LogP contribution is 2.35. The number of ether oxygens (including phenoxy) is 1. The minimum Gasteiger partial charge on any atom is -0.439 e. The van der Waals surface area contributed by atoms with Gasteiger partial charge in [0.05, 0.1) is 17.3 Å². The molecular formula is C23H20N6O. The first-order chi connectivity index (χ1) is 14.7. The molecule has 1 aromatic carbocycles. The summed E-state index contributed by atoms with van der Waals surface area (Å²) >= 11 is 0. The smallest absolute Gasteiger partial charge is 0.218 e. The monoisotopic (exact) mass is 396 g/mol. The molecule has 0 amide bonds. The van der Waals surface area contributed by atoms with E-state index >= 15 is 0 Å². The molecule has 0 aliphatic rings. The summed E-state index contributed by atoms with van der Waals surface area (Å²) in [5.74, 6) is 1.11. The van der Waals surface area contributed by atoms with Crippen LogP contribution in [-0.4, -0.2) is 26.3 Å². The van der Waals surface area contributed by atoms with Gasteiger partial charge in [0.1, 0.15) is 5.75 Å². The Bertz CT molecular complexity index is 1190. The quantitative estimate of drug-likeness (QED) is 0.533. The average molecular weight is 396 g/mol. The van der Waals surface area contributed by atoms with Gasteiger partial charge >= 0.3 is 0 Å². The Kier molecular flexibility index (Phi) is 5.50. The summed E-state index contributed by atoms with van der Waals surface area (Å²) in [6.45, 7) is 0.553. The van der Waals surface area contributed by atoms with Crippen LogP contribution in [0.2, 0.25) is 0 Å². The lowest BCUT2D eigenvalue weighted by Gasteiger charge is -2.12. The van der Waals surface area contributed by atoms with Gasteiger partial charge in [-0.15, -0.1) is 0 Å². The molecule has 4 rings (SSSR count). The Morgan fingerprint density at radius 2 is 2.00 bits per heavy atom. The second kappa shape index (κ2) is 8.55. The lowest BCUT2D eigenvalue weighted by Crippen LogP contribution is -2.04. The van der Waals surface area contributed by atoms with E-state index in [9.17, 15) is 5.26 Å². The van der Waals surface area contributed by atoms with E-state index in [1.54, 1.807) is 35.4 Å². The maximum absolute atomic E-state index is 9.34. The van der Waals surface area contributed by atoms with Crippen LogP contribution in [0, 0.1) is 11.3 Å². The zero-order chi connectivity index (χ0) is 20.9. The molecule has 0 unspecified atom stereocenters. The van der Waals surface area contributed by atoms with Crippen LogP contribution >= 0.6 is 0 Å². The van der Waals surface area contributed by atoms with Gasteiger partial charge in [-0.25, -0.2) is 4.68 Å². The molecule has 7 nitrogen and oxygen atoms in total. The molecule has 0 bridgehead atoms. The normalized spacial score (nSPS) is 10.6. The molecule has 0 aliphatic heterocycles. The highest BCUT2D eigenvalue weighted by atomic mass is 16.5. The van der Waals surface area contributed by atoms with E-state index in [-0.39, 0.29) is 0 Å². The molecule has 3 heterocycles. The molecule has 7 heteroatoms. The Morgan fingerprint density at radius 1 is 1.10 bits per heavy atom. The van der Waals surface area contributed by atoms with E-state index in [1.807, 2.05) is 43.4 Å². The summed E-state index contributed by atoms with van der Waals surface area (Å²) in [6.07, 6.45) is 5.99. The van der Waals surface area contributed by atoms with E-state index in [1.165, 1.54) is 0 Å². The Labute approximate surface area is 174 Å². The summed E-state index contributed by atoms with van der Waals surface area (Å²) in [5, 5.41) is 13.9. The molecule has 0 aliphatic carbocycles. The molecule has 0 spiro atoms. The fourth-order valence-corrected chi connectivity index (χ4v) is 3.11. The number of pyridine rings is 2. The SMILES string of the molecule is Cn1nc(-c2cccnc2)cc1Oc1cc(C#N)ccc1-c1ccc(CCN)nc1. The number of aromatic nitrogens is 4. The van der Waals surface area contributed by atoms with Crippen LogP contribution in [0.3, 0.4) is 0 Å². The van der Waals surface area contributed by atoms with Crippen molar-refractivity contribution in [3.05, 3.63) is 78.4 Å². The predicted molar refractivity (Wildman–Crippen MR) is 114 cm³/mol. The minimum atomic E-state index is 0.510. The van der Waals surface area contributed by atoms with Crippen LogP contribution in [0.5, 0.6) is 11.6 Å². The molecule has 30 heavy (non-hydrogen) atoms. The van der Waals surface area contributed by atoms with Gasteiger partial charge in [-0.3, -0.25) is 9.97 Å². The molecule has 0 saturated carbocycles. The number of hydrogen-bond donors (Lipinski definition) is 1. The van der Waals surface area contributed by atoms with Crippen LogP contribution in [-0.2, 0) is 13.5 Å². The second-order valence-corrected chi connectivity index (χ2v) is 6.73. The van der Waals surface area contributed by atoms with Crippen molar-refractivity contribution in [1.82, 2.24) is 19.7 Å². The van der Waals surface area contributed by atoms with Gasteiger partial charge in [-0.2, -0.15) is 10.4 Å². The molecule has 2 N–H and O–H groups in total. The van der Waals surface area contributed by atoms with E-state index in [2.05, 4.69) is 21.1 Å². The van der Waals surface area contributed by atoms with Gasteiger partial charge in [-0.1, -0.05) is 6.07 Å². The second-order valence-electron chi connectivity index (χ2n) is 6.73. The van der Waals surface area contributed by atoms with Crippen molar-refractivity contribution in [1.29, 1.82) is 5.26 Å². The first-order valence-corrected chi connectivity index (χ1v) is 9.50. The van der Waals surface area contributed by atoms with E-state index in [4.69, 9.17) is 10.5 Å². The lowest BCUT2D eigenvalue weighted by molar-refractivity contribution is 0.432. The van der Waals surface area contributed by atoms with Crippen molar-refractivity contribution in [2.45, 2.75) is 6.42 Å². The van der Waals surface area contributed by atoms with Gasteiger partial charge in [0.2, 0.25) is 5.88 Å². The third-order valence-electron chi connectivity index (χ3n) is 4.66. The third-order valence-corrected chi connectivity index (χ3v) is 4.66. The van der Waals surface area contributed by atoms with Gasteiger partial charge in [0, 0.05) is 60.5 Å². The van der Waals surface area contributed by atoms with Crippen molar-refractivity contribution in [2.75, 3.05) is 6.54 Å². The Morgan fingerprint density at radius 3 is 2.70 bits per heavy atom. The zero-order valence-corrected chi connectivity index (χ0v) is 16.5. The van der Waals surface area contributed by atoms with Crippen molar-refractivity contribution in [3.8, 4) is 40.1 Å². The Balaban J connectivity index is 1.70. The highest BCUT2D eigenvalue weighted by Gasteiger charge is 2.14. The molecular weight excluding hydrogens is 376 g/mol. The first kappa shape index (κ1) is 19.3. The van der Waals surface area contributed by atoms with Gasteiger partial charge in [0.25, 0.3) is 0 Å². The topological polar surface area (TPSA) is 103 Å². The number of nitrogens with two attached hydrogens (primary N) is 1. The predicted octanol–water partition coefficient (Wildman–Crippen LogP) is 3.71. The summed E-state index contributed by atoms with van der Waals surface area (Å²) in [6, 6.07) is 17.1. The van der Waals surface area contributed by atoms with Gasteiger partial charge < -0.3 is 10.5 Å². The van der Waals surface area contributed by atoms with E-state index < -0.39 is 0 Å². The average Bonchev–Trinajstić information content (AvgIpc) is 3.15. The summed E-state index contributed by atoms with van der Waals surface area (Å²) in [7, 11) is 1.81.